The van der Waals surface area contributed by atoms with Crippen LogP contribution < -0.4 is 24.6 Å². The number of amides is 1. The van der Waals surface area contributed by atoms with E-state index < -0.39 is 17.9 Å². The maximum Gasteiger partial charge on any atom is 0.338 e. The van der Waals surface area contributed by atoms with E-state index in [0.717, 1.165) is 0 Å². The van der Waals surface area contributed by atoms with Crippen molar-refractivity contribution in [1.29, 1.82) is 0 Å². The molecule has 9 nitrogen and oxygen atoms in total. The van der Waals surface area contributed by atoms with E-state index >= 15 is 0 Å². The summed E-state index contributed by atoms with van der Waals surface area (Å²) in [6.07, 6.45) is 1.65. The number of thiazole rings is 1. The van der Waals surface area contributed by atoms with Gasteiger partial charge in [-0.05, 0) is 49.8 Å². The van der Waals surface area contributed by atoms with E-state index in [1.165, 1.54) is 20.9 Å². The number of esters is 1. The molecule has 4 aromatic rings. The molecular weight excluding hydrogens is 564 g/mol. The van der Waals surface area contributed by atoms with Crippen LogP contribution in [-0.2, 0) is 14.3 Å². The zero-order valence-corrected chi connectivity index (χ0v) is 24.6. The summed E-state index contributed by atoms with van der Waals surface area (Å²) in [7, 11) is 1.56. The largest absolute Gasteiger partial charge is 0.497 e. The summed E-state index contributed by atoms with van der Waals surface area (Å²) >= 11 is 1.17. The summed E-state index contributed by atoms with van der Waals surface area (Å²) in [5.41, 5.74) is 2.88. The number of aromatic nitrogens is 1. The van der Waals surface area contributed by atoms with Gasteiger partial charge in [0, 0.05) is 5.56 Å². The van der Waals surface area contributed by atoms with Gasteiger partial charge in [0.2, 0.25) is 0 Å². The van der Waals surface area contributed by atoms with Gasteiger partial charge >= 0.3 is 5.97 Å². The van der Waals surface area contributed by atoms with E-state index in [9.17, 15) is 14.4 Å². The second-order valence-corrected chi connectivity index (χ2v) is 10.9. The van der Waals surface area contributed by atoms with Gasteiger partial charge < -0.3 is 9.47 Å². The van der Waals surface area contributed by atoms with Crippen molar-refractivity contribution in [3.05, 3.63) is 121 Å². The Morgan fingerprint density at radius 1 is 1.00 bits per heavy atom. The molecule has 0 fully saturated rings. The maximum absolute atomic E-state index is 14.2. The van der Waals surface area contributed by atoms with Gasteiger partial charge in [0.15, 0.2) is 4.80 Å². The van der Waals surface area contributed by atoms with E-state index in [1.807, 2.05) is 60.7 Å². The zero-order valence-electron chi connectivity index (χ0n) is 23.8. The van der Waals surface area contributed by atoms with Crippen molar-refractivity contribution in [1.82, 2.24) is 4.57 Å². The van der Waals surface area contributed by atoms with Gasteiger partial charge in [-0.1, -0.05) is 72.0 Å². The van der Waals surface area contributed by atoms with Crippen LogP contribution in [-0.4, -0.2) is 35.9 Å². The second kappa shape index (κ2) is 11.7. The lowest BCUT2D eigenvalue weighted by atomic mass is 9.93. The van der Waals surface area contributed by atoms with Crippen LogP contribution in [0.1, 0.15) is 31.0 Å². The van der Waals surface area contributed by atoms with Gasteiger partial charge in [-0.2, -0.15) is 10.1 Å². The Bertz CT molecular complexity index is 1960. The summed E-state index contributed by atoms with van der Waals surface area (Å²) in [6, 6.07) is 24.9. The molecule has 0 unspecified atom stereocenters. The number of rotatable bonds is 7. The summed E-state index contributed by atoms with van der Waals surface area (Å²) in [5.74, 6) is -0.976. The fraction of sp³-hybridized carbons (Fsp3) is 0.182. The van der Waals surface area contributed by atoms with E-state index in [1.54, 1.807) is 51.3 Å². The smallest absolute Gasteiger partial charge is 0.338 e. The molecule has 3 aromatic carbocycles. The Hall–Kier alpha value is -5.09. The molecule has 0 bridgehead atoms. The van der Waals surface area contributed by atoms with E-state index in [4.69, 9.17) is 14.5 Å². The van der Waals surface area contributed by atoms with Crippen molar-refractivity contribution in [3.63, 3.8) is 0 Å². The molecule has 0 N–H and O–H groups in total. The number of benzene rings is 3. The third kappa shape index (κ3) is 5.10. The van der Waals surface area contributed by atoms with Crippen LogP contribution in [0.3, 0.4) is 0 Å². The monoisotopic (exact) mass is 592 g/mol. The third-order valence-electron chi connectivity index (χ3n) is 7.28. The average molecular weight is 593 g/mol. The molecule has 6 rings (SSSR count). The van der Waals surface area contributed by atoms with Gasteiger partial charge in [-0.15, -0.1) is 0 Å². The lowest BCUT2D eigenvalue weighted by Gasteiger charge is -2.26. The SMILES string of the molecule is CCOC(=O)C1=C(c2ccccc2)N=c2s/c(=C/[C@H]3C(=O)N(c4ccccc4)N=C3C)c(=O)n2[C@@H]1c1cccc(OC)c1. The molecule has 216 valence electrons. The average Bonchev–Trinajstić information content (AvgIpc) is 3.51. The van der Waals surface area contributed by atoms with Gasteiger partial charge in [-0.3, -0.25) is 14.2 Å². The standard InChI is InChI=1S/C33H28N4O5S/c1-4-42-32(40)27-28(21-12-7-5-8-13-21)34-33-36(29(27)22-14-11-17-24(18-22)41-3)31(39)26(43-33)19-25-20(2)35-37(30(25)38)23-15-9-6-10-16-23/h5-19,25,29H,4H2,1-3H3/b26-19+/t25-,29-/m1/s1. The normalized spacial score (nSPS) is 18.3. The molecule has 1 amide bonds. The Labute approximate surface area is 251 Å². The Kier molecular flexibility index (Phi) is 7.60. The molecule has 0 radical (unpaired) electrons. The highest BCUT2D eigenvalue weighted by Crippen LogP contribution is 2.36. The third-order valence-corrected chi connectivity index (χ3v) is 8.29. The van der Waals surface area contributed by atoms with Gasteiger partial charge in [-0.25, -0.2) is 9.79 Å². The zero-order chi connectivity index (χ0) is 30.1. The van der Waals surface area contributed by atoms with Crippen LogP contribution in [0.5, 0.6) is 5.75 Å². The second-order valence-electron chi connectivity index (χ2n) is 9.94. The van der Waals surface area contributed by atoms with Crippen molar-refractivity contribution in [3.8, 4) is 5.75 Å². The number of methoxy groups -OCH3 is 1. The molecule has 0 aliphatic carbocycles. The summed E-state index contributed by atoms with van der Waals surface area (Å²) in [5, 5.41) is 5.84. The molecule has 1 aromatic heterocycles. The number of hydrazone groups is 1. The molecule has 2 atom stereocenters. The molecule has 2 aliphatic heterocycles. The topological polar surface area (TPSA) is 103 Å². The fourth-order valence-electron chi connectivity index (χ4n) is 5.26. The summed E-state index contributed by atoms with van der Waals surface area (Å²) in [4.78, 5) is 46.5. The molecule has 0 saturated carbocycles. The van der Waals surface area contributed by atoms with Crippen LogP contribution in [0, 0.1) is 5.92 Å². The number of fused-ring (bicyclic) bond motifs is 1. The predicted octanol–water partition coefficient (Wildman–Crippen LogP) is 3.93. The highest BCUT2D eigenvalue weighted by Gasteiger charge is 2.37. The minimum Gasteiger partial charge on any atom is -0.497 e. The molecule has 0 spiro atoms. The molecule has 3 heterocycles. The predicted molar refractivity (Wildman–Crippen MR) is 165 cm³/mol. The van der Waals surface area contributed by atoms with Crippen LogP contribution in [0.15, 0.2) is 105 Å². The van der Waals surface area contributed by atoms with Crippen LogP contribution >= 0.6 is 11.3 Å². The van der Waals surface area contributed by atoms with E-state index in [-0.39, 0.29) is 23.6 Å². The number of para-hydroxylation sites is 1. The number of nitrogens with zero attached hydrogens (tertiary/aromatic N) is 4. The van der Waals surface area contributed by atoms with Gasteiger partial charge in [0.1, 0.15) is 11.7 Å². The number of carbonyl (C=O) groups excluding carboxylic acids is 2. The summed E-state index contributed by atoms with van der Waals surface area (Å²) in [6.45, 7) is 3.65. The van der Waals surface area contributed by atoms with Crippen molar-refractivity contribution in [2.75, 3.05) is 18.7 Å². The van der Waals surface area contributed by atoms with Crippen LogP contribution in [0.25, 0.3) is 11.8 Å². The lowest BCUT2D eigenvalue weighted by molar-refractivity contribution is -0.138. The molecule has 2 aliphatic rings. The van der Waals surface area contributed by atoms with Crippen LogP contribution in [0.2, 0.25) is 0 Å². The minimum absolute atomic E-state index is 0.153. The quantitative estimate of drug-likeness (QED) is 0.303. The van der Waals surface area contributed by atoms with E-state index in [0.29, 0.717) is 43.3 Å². The highest BCUT2D eigenvalue weighted by molar-refractivity contribution is 7.07. The first-order valence-electron chi connectivity index (χ1n) is 13.8. The molecular formula is C33H28N4O5S. The van der Waals surface area contributed by atoms with Gasteiger partial charge in [0.25, 0.3) is 11.5 Å². The van der Waals surface area contributed by atoms with Gasteiger partial charge in [0.05, 0.1) is 47.0 Å². The number of hydrogen-bond donors (Lipinski definition) is 0. The number of carbonyl (C=O) groups is 2. The Morgan fingerprint density at radius 3 is 2.42 bits per heavy atom. The van der Waals surface area contributed by atoms with Crippen molar-refractivity contribution >= 4 is 46.4 Å². The minimum atomic E-state index is -0.849. The number of ether oxygens (including phenoxy) is 2. The fourth-order valence-corrected chi connectivity index (χ4v) is 6.27. The number of anilines is 1. The van der Waals surface area contributed by atoms with Crippen LogP contribution in [0.4, 0.5) is 5.69 Å². The van der Waals surface area contributed by atoms with Crippen molar-refractivity contribution in [2.45, 2.75) is 19.9 Å². The molecule has 0 saturated heterocycles. The molecule has 10 heteroatoms. The summed E-state index contributed by atoms with van der Waals surface area (Å²) < 4.78 is 12.8. The van der Waals surface area contributed by atoms with E-state index in [2.05, 4.69) is 5.10 Å². The Balaban J connectivity index is 1.56. The van der Waals surface area contributed by atoms with Crippen molar-refractivity contribution < 1.29 is 19.1 Å². The highest BCUT2D eigenvalue weighted by atomic mass is 32.1. The number of hydrogen-bond acceptors (Lipinski definition) is 8. The first kappa shape index (κ1) is 28.0. The molecule has 43 heavy (non-hydrogen) atoms. The van der Waals surface area contributed by atoms with Crippen molar-refractivity contribution in [2.24, 2.45) is 16.0 Å². The maximum atomic E-state index is 14.2. The Morgan fingerprint density at radius 2 is 1.72 bits per heavy atom. The lowest BCUT2D eigenvalue weighted by Crippen LogP contribution is -2.40. The first-order valence-corrected chi connectivity index (χ1v) is 14.6. The first-order chi connectivity index (χ1) is 20.9.